The molecule has 2 aliphatic heterocycles. The van der Waals surface area contributed by atoms with Crippen molar-refractivity contribution in [3.05, 3.63) is 320 Å². The molecule has 0 atom stereocenters. The second kappa shape index (κ2) is 22.3. The Labute approximate surface area is 602 Å². The number of rotatable bonds is 8. The van der Waals surface area contributed by atoms with E-state index >= 15 is 0 Å². The zero-order valence-electron chi connectivity index (χ0n) is 59.7. The molecule has 2 aliphatic rings. The first-order valence-electron chi connectivity index (χ1n) is 36.6. The minimum atomic E-state index is -0.320. The number of aromatic nitrogens is 2. The van der Waals surface area contributed by atoms with Crippen LogP contribution in [0, 0.1) is 0 Å². The first kappa shape index (κ1) is 61.0. The lowest BCUT2D eigenvalue weighted by atomic mass is 9.33. The number of fused-ring (bicyclic) bond motifs is 8. The predicted octanol–water partition coefficient (Wildman–Crippen LogP) is 24.9. The lowest BCUT2D eigenvalue weighted by molar-refractivity contribution is 0.590. The Morgan fingerprint density at radius 2 is 0.612 bits per heavy atom. The Bertz CT molecular complexity index is 6320. The monoisotopic (exact) mass is 1320 g/mol. The fourth-order valence-corrected chi connectivity index (χ4v) is 17.9. The topological polar surface area (TPSA) is 16.3 Å². The molecule has 0 saturated heterocycles. The molecular formula is C98H77BN4. The van der Waals surface area contributed by atoms with Gasteiger partial charge in [0.2, 0.25) is 0 Å². The van der Waals surface area contributed by atoms with Crippen LogP contribution in [0.25, 0.3) is 132 Å². The molecule has 5 heteroatoms. The van der Waals surface area contributed by atoms with E-state index in [2.05, 4.69) is 385 Å². The van der Waals surface area contributed by atoms with Gasteiger partial charge in [-0.1, -0.05) is 305 Å². The summed E-state index contributed by atoms with van der Waals surface area (Å²) in [4.78, 5) is 5.45. The van der Waals surface area contributed by atoms with Crippen LogP contribution >= 0.6 is 0 Å². The summed E-state index contributed by atoms with van der Waals surface area (Å²) < 4.78 is 5.10. The molecule has 20 rings (SSSR count). The minimum absolute atomic E-state index is 0.0313. The number of hydrogen-bond donors (Lipinski definition) is 0. The smallest absolute Gasteiger partial charge is 0.252 e. The maximum absolute atomic E-state index is 2.73. The summed E-state index contributed by atoms with van der Waals surface area (Å²) in [5, 5.41) is 12.9. The van der Waals surface area contributed by atoms with Gasteiger partial charge in [-0.3, -0.25) is 0 Å². The van der Waals surface area contributed by atoms with Gasteiger partial charge in [-0.2, -0.15) is 0 Å². The first-order valence-corrected chi connectivity index (χ1v) is 36.6. The molecule has 0 N–H and O–H groups in total. The molecule has 0 bridgehead atoms. The van der Waals surface area contributed by atoms with Gasteiger partial charge in [-0.15, -0.1) is 0 Å². The number of para-hydroxylation sites is 4. The minimum Gasteiger partial charge on any atom is -0.310 e. The summed E-state index contributed by atoms with van der Waals surface area (Å²) in [5.41, 5.74) is 30.3. The Balaban J connectivity index is 0.948. The zero-order chi connectivity index (χ0) is 69.5. The van der Waals surface area contributed by atoms with Gasteiger partial charge < -0.3 is 18.9 Å². The molecule has 18 aromatic rings. The van der Waals surface area contributed by atoms with E-state index in [0.717, 1.165) is 90.0 Å². The van der Waals surface area contributed by atoms with Gasteiger partial charge >= 0.3 is 0 Å². The van der Waals surface area contributed by atoms with Crippen molar-refractivity contribution < 1.29 is 0 Å². The fourth-order valence-electron chi connectivity index (χ4n) is 17.9. The van der Waals surface area contributed by atoms with E-state index in [1.807, 2.05) is 0 Å². The second-order valence-electron chi connectivity index (χ2n) is 32.0. The molecule has 4 heterocycles. The van der Waals surface area contributed by atoms with Gasteiger partial charge in [0.1, 0.15) is 0 Å². The third-order valence-electron chi connectivity index (χ3n) is 22.9. The molecule has 0 amide bonds. The van der Waals surface area contributed by atoms with Gasteiger partial charge in [-0.05, 0) is 165 Å². The highest BCUT2D eigenvalue weighted by molar-refractivity contribution is 7.00. The van der Waals surface area contributed by atoms with E-state index in [-0.39, 0.29) is 23.0 Å². The molecule has 103 heavy (non-hydrogen) atoms. The van der Waals surface area contributed by atoms with E-state index in [4.69, 9.17) is 0 Å². The van der Waals surface area contributed by atoms with Crippen molar-refractivity contribution in [2.45, 2.75) is 78.6 Å². The highest BCUT2D eigenvalue weighted by atomic mass is 15.2. The number of anilines is 6. The average Bonchev–Trinajstić information content (AvgIpc) is 1.65. The van der Waals surface area contributed by atoms with Crippen LogP contribution in [0.1, 0.15) is 79.0 Å². The van der Waals surface area contributed by atoms with Crippen LogP contribution in [-0.2, 0) is 16.2 Å². The van der Waals surface area contributed by atoms with E-state index in [1.165, 1.54) is 109 Å². The molecule has 2 aromatic heterocycles. The van der Waals surface area contributed by atoms with Gasteiger partial charge in [0.15, 0.2) is 0 Å². The predicted molar refractivity (Wildman–Crippen MR) is 442 cm³/mol. The van der Waals surface area contributed by atoms with Crippen molar-refractivity contribution in [3.63, 3.8) is 0 Å². The standard InChI is InChI=1S/C98H77BN4/c1-96(2,3)66-46-40-62(41-47-66)73-34-22-32-71(60-24-12-10-13-25-60)94(73)102-85-58-69(100-81-38-18-16-30-75(81)76-31-17-19-39-82(76)100)50-52-79(85)99-80-53-51-70(101-83-54-44-64-28-20-36-77-78-37-21-29-65-45-55-84(101)92(90(65)78)91(83)89(64)77)59-86(80)103(88-57-68(98(7,8)9)56-87(102)93(88)99)95-72(61-26-14-11-15-27-61)33-23-35-74(95)63-42-48-67(49-43-63)97(4,5)6/h10-59H,1-9H3. The summed E-state index contributed by atoms with van der Waals surface area (Å²) in [6, 6.07) is 116. The van der Waals surface area contributed by atoms with E-state index < -0.39 is 0 Å². The summed E-state index contributed by atoms with van der Waals surface area (Å²) in [6.45, 7) is 20.9. The average molecular weight is 1320 g/mol. The fraction of sp³-hybridized carbons (Fsp3) is 0.122. The maximum atomic E-state index is 2.73. The molecule has 4 nitrogen and oxygen atoms in total. The van der Waals surface area contributed by atoms with Crippen molar-refractivity contribution in [2.24, 2.45) is 0 Å². The maximum Gasteiger partial charge on any atom is 0.252 e. The third-order valence-corrected chi connectivity index (χ3v) is 22.9. The van der Waals surface area contributed by atoms with Crippen LogP contribution in [0.4, 0.5) is 34.1 Å². The molecule has 16 aromatic carbocycles. The summed E-state index contributed by atoms with van der Waals surface area (Å²) in [5.74, 6) is 0. The molecule has 0 spiro atoms. The Morgan fingerprint density at radius 3 is 1.02 bits per heavy atom. The van der Waals surface area contributed by atoms with Crippen LogP contribution in [0.15, 0.2) is 303 Å². The lowest BCUT2D eigenvalue weighted by Gasteiger charge is -2.46. The quantitative estimate of drug-likeness (QED) is 0.0856. The van der Waals surface area contributed by atoms with Crippen LogP contribution in [0.2, 0.25) is 0 Å². The van der Waals surface area contributed by atoms with E-state index in [1.54, 1.807) is 0 Å². The third kappa shape index (κ3) is 9.17. The normalized spacial score (nSPS) is 13.2. The zero-order valence-corrected chi connectivity index (χ0v) is 59.7. The molecular weight excluding hydrogens is 1240 g/mol. The molecule has 0 aliphatic carbocycles. The molecule has 0 fully saturated rings. The van der Waals surface area contributed by atoms with Crippen molar-refractivity contribution in [3.8, 4) is 55.9 Å². The van der Waals surface area contributed by atoms with Crippen LogP contribution in [0.5, 0.6) is 0 Å². The van der Waals surface area contributed by atoms with Gasteiger partial charge in [0, 0.05) is 77.9 Å². The van der Waals surface area contributed by atoms with Crippen molar-refractivity contribution in [1.82, 2.24) is 9.13 Å². The molecule has 492 valence electrons. The summed E-state index contributed by atoms with van der Waals surface area (Å²) >= 11 is 0. The number of benzene rings is 16. The lowest BCUT2D eigenvalue weighted by Crippen LogP contribution is -2.61. The largest absolute Gasteiger partial charge is 0.310 e. The summed E-state index contributed by atoms with van der Waals surface area (Å²) in [6.07, 6.45) is 0. The summed E-state index contributed by atoms with van der Waals surface area (Å²) in [7, 11) is 0. The first-order chi connectivity index (χ1) is 50.0. The van der Waals surface area contributed by atoms with Gasteiger partial charge in [-0.25, -0.2) is 0 Å². The van der Waals surface area contributed by atoms with Crippen LogP contribution < -0.4 is 26.2 Å². The Hall–Kier alpha value is -11.9. The van der Waals surface area contributed by atoms with Gasteiger partial charge in [0.25, 0.3) is 6.71 Å². The van der Waals surface area contributed by atoms with E-state index in [9.17, 15) is 0 Å². The molecule has 0 radical (unpaired) electrons. The molecule has 0 unspecified atom stereocenters. The molecule has 0 saturated carbocycles. The number of nitrogens with zero attached hydrogens (tertiary/aromatic N) is 4. The van der Waals surface area contributed by atoms with Gasteiger partial charge in [0.05, 0.1) is 33.4 Å². The SMILES string of the molecule is CC(C)(C)c1ccc(-c2cccc(-c3ccccc3)c2N2c3cc(-n4c5ccccc5c5ccccc54)ccc3B3c4ccc(-n5c6ccc7cccc8c9cccc%10ccc5c(c%109)c6c78)cc4N(c4c(-c5ccccc5)cccc4-c4ccc(C(C)(C)C)cc4)c4cc(C(C)(C)C)cc2c43)cc1. The Morgan fingerprint density at radius 1 is 0.252 bits per heavy atom. The second-order valence-corrected chi connectivity index (χ2v) is 32.0. The Kier molecular flexibility index (Phi) is 13.2. The van der Waals surface area contributed by atoms with Crippen molar-refractivity contribution in [1.29, 1.82) is 0 Å². The highest BCUT2D eigenvalue weighted by Gasteiger charge is 2.46. The highest BCUT2D eigenvalue weighted by Crippen LogP contribution is 2.56. The van der Waals surface area contributed by atoms with Crippen molar-refractivity contribution in [2.75, 3.05) is 9.80 Å². The van der Waals surface area contributed by atoms with Crippen LogP contribution in [0.3, 0.4) is 0 Å². The number of hydrogen-bond acceptors (Lipinski definition) is 2. The van der Waals surface area contributed by atoms with Crippen LogP contribution in [-0.4, -0.2) is 15.8 Å². The van der Waals surface area contributed by atoms with E-state index in [0.29, 0.717) is 0 Å². The van der Waals surface area contributed by atoms with Crippen molar-refractivity contribution >= 4 is 133 Å².